The van der Waals surface area contributed by atoms with Crippen molar-refractivity contribution in [1.82, 2.24) is 9.80 Å². The van der Waals surface area contributed by atoms with Gasteiger partial charge in [0.15, 0.2) is 0 Å². The summed E-state index contributed by atoms with van der Waals surface area (Å²) in [6, 6.07) is 0. The second-order valence-corrected chi connectivity index (χ2v) is 6.87. The molecule has 94 valence electrons. The first-order chi connectivity index (χ1) is 7.95. The number of hydrogen-bond donors (Lipinski definition) is 0. The van der Waals surface area contributed by atoms with Gasteiger partial charge in [-0.2, -0.15) is 0 Å². The monoisotopic (exact) mass is 260 g/mol. The Hall–Kier alpha value is 0.620. The van der Waals surface area contributed by atoms with E-state index in [9.17, 15) is 0 Å². The lowest BCUT2D eigenvalue weighted by molar-refractivity contribution is 0.327. The Kier molecular flexibility index (Phi) is 6.41. The minimum atomic E-state index is 1.28. The Balaban J connectivity index is 1.37. The number of rotatable bonds is 7. The molecule has 2 rings (SSSR count). The molecule has 0 spiro atoms. The Morgan fingerprint density at radius 2 is 1.19 bits per heavy atom. The summed E-state index contributed by atoms with van der Waals surface area (Å²) in [5.41, 5.74) is 0. The molecule has 0 radical (unpaired) electrons. The van der Waals surface area contributed by atoms with Crippen LogP contribution in [0.4, 0.5) is 0 Å². The normalized spacial score (nSPS) is 23.2. The maximum atomic E-state index is 2.60. The van der Waals surface area contributed by atoms with Gasteiger partial charge in [-0.25, -0.2) is 0 Å². The molecule has 0 aliphatic carbocycles. The zero-order chi connectivity index (χ0) is 11.1. The van der Waals surface area contributed by atoms with Gasteiger partial charge in [0.2, 0.25) is 0 Å². The third-order valence-electron chi connectivity index (χ3n) is 3.35. The maximum absolute atomic E-state index is 2.60. The van der Waals surface area contributed by atoms with Crippen molar-refractivity contribution in [3.63, 3.8) is 0 Å². The quantitative estimate of drug-likeness (QED) is 0.649. The molecule has 0 aromatic carbocycles. The Morgan fingerprint density at radius 1 is 0.688 bits per heavy atom. The zero-order valence-corrected chi connectivity index (χ0v) is 11.8. The molecule has 0 saturated carbocycles. The molecule has 2 fully saturated rings. The van der Waals surface area contributed by atoms with E-state index in [-0.39, 0.29) is 0 Å². The van der Waals surface area contributed by atoms with E-state index in [0.717, 1.165) is 0 Å². The average molecular weight is 260 g/mol. The molecule has 0 aromatic rings. The lowest BCUT2D eigenvalue weighted by Gasteiger charge is -2.14. The molecule has 16 heavy (non-hydrogen) atoms. The van der Waals surface area contributed by atoms with E-state index in [1.54, 1.807) is 0 Å². The summed E-state index contributed by atoms with van der Waals surface area (Å²) in [4.78, 5) is 5.20. The molecule has 0 N–H and O–H groups in total. The molecule has 0 unspecified atom stereocenters. The van der Waals surface area contributed by atoms with Gasteiger partial charge in [0, 0.05) is 36.3 Å². The number of nitrogens with zero attached hydrogens (tertiary/aromatic N) is 2. The van der Waals surface area contributed by atoms with E-state index in [2.05, 4.69) is 33.3 Å². The summed E-state index contributed by atoms with van der Waals surface area (Å²) >= 11 is 4.17. The van der Waals surface area contributed by atoms with Crippen molar-refractivity contribution in [1.29, 1.82) is 0 Å². The zero-order valence-electron chi connectivity index (χ0n) is 10.2. The van der Waals surface area contributed by atoms with Gasteiger partial charge in [0.05, 0.1) is 0 Å². The van der Waals surface area contributed by atoms with Gasteiger partial charge >= 0.3 is 0 Å². The number of thioether (sulfide) groups is 2. The molecular formula is C12H24N2S2. The first-order valence-electron chi connectivity index (χ1n) is 6.55. The minimum absolute atomic E-state index is 1.28. The highest BCUT2D eigenvalue weighted by atomic mass is 32.2. The van der Waals surface area contributed by atoms with E-state index in [1.807, 2.05) is 0 Å². The predicted molar refractivity (Wildman–Crippen MR) is 76.3 cm³/mol. The number of unbranched alkanes of at least 4 members (excludes halogenated alkanes) is 3. The predicted octanol–water partition coefficient (Wildman–Crippen LogP) is 2.56. The molecule has 0 bridgehead atoms. The van der Waals surface area contributed by atoms with Crippen LogP contribution in [0, 0.1) is 0 Å². The van der Waals surface area contributed by atoms with Crippen LogP contribution in [0.2, 0.25) is 0 Å². The standard InChI is InChI=1S/C12H24N2S2/c1(3-5-13-7-9-15-11-13)2-4-6-14-8-10-16-12-14/h1-12H2. The van der Waals surface area contributed by atoms with Crippen LogP contribution in [0.1, 0.15) is 25.7 Å². The molecule has 2 heterocycles. The SMILES string of the molecule is C(CCCN1CCSC1)CCN1CCSC1. The van der Waals surface area contributed by atoms with Crippen LogP contribution in [-0.2, 0) is 0 Å². The van der Waals surface area contributed by atoms with Crippen LogP contribution >= 0.6 is 23.5 Å². The smallest absolute Gasteiger partial charge is 0.0445 e. The second kappa shape index (κ2) is 7.85. The van der Waals surface area contributed by atoms with Gasteiger partial charge in [0.1, 0.15) is 0 Å². The van der Waals surface area contributed by atoms with E-state index in [1.165, 1.54) is 75.1 Å². The van der Waals surface area contributed by atoms with Crippen LogP contribution in [0.3, 0.4) is 0 Å². The average Bonchev–Trinajstić information content (AvgIpc) is 2.96. The van der Waals surface area contributed by atoms with Gasteiger partial charge in [-0.1, -0.05) is 12.8 Å². The topological polar surface area (TPSA) is 6.48 Å². The third kappa shape index (κ3) is 4.86. The molecule has 4 heteroatoms. The third-order valence-corrected chi connectivity index (χ3v) is 5.39. The van der Waals surface area contributed by atoms with Gasteiger partial charge in [-0.3, -0.25) is 9.80 Å². The molecule has 2 saturated heterocycles. The van der Waals surface area contributed by atoms with Crippen molar-refractivity contribution in [2.45, 2.75) is 25.7 Å². The van der Waals surface area contributed by atoms with Crippen LogP contribution in [-0.4, -0.2) is 59.2 Å². The molecule has 0 amide bonds. The summed E-state index contributed by atoms with van der Waals surface area (Å²) in [6.45, 7) is 5.34. The van der Waals surface area contributed by atoms with Crippen molar-refractivity contribution in [2.24, 2.45) is 0 Å². The van der Waals surface area contributed by atoms with Crippen LogP contribution in [0.5, 0.6) is 0 Å². The van der Waals surface area contributed by atoms with Crippen LogP contribution in [0.25, 0.3) is 0 Å². The van der Waals surface area contributed by atoms with Crippen molar-refractivity contribution < 1.29 is 0 Å². The summed E-state index contributed by atoms with van der Waals surface area (Å²) in [5.74, 6) is 5.27. The molecular weight excluding hydrogens is 236 g/mol. The highest BCUT2D eigenvalue weighted by molar-refractivity contribution is 7.99. The Bertz CT molecular complexity index is 158. The Labute approximate surface area is 109 Å². The maximum Gasteiger partial charge on any atom is 0.0445 e. The molecule has 2 aliphatic heterocycles. The summed E-state index contributed by atoms with van der Waals surface area (Å²) in [5, 5.41) is 0. The molecule has 2 aliphatic rings. The van der Waals surface area contributed by atoms with Crippen molar-refractivity contribution in [2.75, 3.05) is 49.4 Å². The highest BCUT2D eigenvalue weighted by Gasteiger charge is 2.11. The Morgan fingerprint density at radius 3 is 1.56 bits per heavy atom. The first kappa shape index (κ1) is 13.1. The molecule has 2 nitrogen and oxygen atoms in total. The lowest BCUT2D eigenvalue weighted by Crippen LogP contribution is -2.21. The largest absolute Gasteiger partial charge is 0.293 e. The van der Waals surface area contributed by atoms with E-state index >= 15 is 0 Å². The van der Waals surface area contributed by atoms with Crippen LogP contribution < -0.4 is 0 Å². The minimum Gasteiger partial charge on any atom is -0.293 e. The van der Waals surface area contributed by atoms with E-state index in [0.29, 0.717) is 0 Å². The molecule has 0 aromatic heterocycles. The fraction of sp³-hybridized carbons (Fsp3) is 1.00. The molecule has 0 atom stereocenters. The lowest BCUT2D eigenvalue weighted by atomic mass is 10.2. The van der Waals surface area contributed by atoms with E-state index < -0.39 is 0 Å². The van der Waals surface area contributed by atoms with Crippen molar-refractivity contribution in [3.8, 4) is 0 Å². The second-order valence-electron chi connectivity index (χ2n) is 4.72. The summed E-state index contributed by atoms with van der Waals surface area (Å²) < 4.78 is 0. The highest BCUT2D eigenvalue weighted by Crippen LogP contribution is 2.15. The number of hydrogen-bond acceptors (Lipinski definition) is 4. The van der Waals surface area contributed by atoms with Gasteiger partial charge in [-0.05, 0) is 25.9 Å². The van der Waals surface area contributed by atoms with Gasteiger partial charge in [-0.15, -0.1) is 23.5 Å². The van der Waals surface area contributed by atoms with Gasteiger partial charge < -0.3 is 0 Å². The first-order valence-corrected chi connectivity index (χ1v) is 8.86. The van der Waals surface area contributed by atoms with Gasteiger partial charge in [0.25, 0.3) is 0 Å². The van der Waals surface area contributed by atoms with E-state index in [4.69, 9.17) is 0 Å². The van der Waals surface area contributed by atoms with Crippen molar-refractivity contribution >= 4 is 23.5 Å². The van der Waals surface area contributed by atoms with Crippen LogP contribution in [0.15, 0.2) is 0 Å². The van der Waals surface area contributed by atoms with Crippen molar-refractivity contribution in [3.05, 3.63) is 0 Å². The fourth-order valence-electron chi connectivity index (χ4n) is 2.28. The summed E-state index contributed by atoms with van der Waals surface area (Å²) in [7, 11) is 0. The fourth-order valence-corrected chi connectivity index (χ4v) is 4.35. The summed E-state index contributed by atoms with van der Waals surface area (Å²) in [6.07, 6.45) is 5.69.